The lowest BCUT2D eigenvalue weighted by atomic mass is 10.0. The van der Waals surface area contributed by atoms with Gasteiger partial charge in [-0.1, -0.05) is 24.3 Å². The summed E-state index contributed by atoms with van der Waals surface area (Å²) in [6.45, 7) is 5.80. The van der Waals surface area contributed by atoms with E-state index in [2.05, 4.69) is 15.5 Å². The average molecular weight is 418 g/mol. The molecule has 1 amide bonds. The third-order valence-electron chi connectivity index (χ3n) is 5.38. The van der Waals surface area contributed by atoms with E-state index in [-0.39, 0.29) is 29.6 Å². The van der Waals surface area contributed by atoms with Crippen molar-refractivity contribution in [3.63, 3.8) is 0 Å². The SMILES string of the molecule is C[C@@H](NC[C@H](c1ccc(F)cc1)N1CCOCC1)C(=O)NCCc1ccc(F)cc1. The Hall–Kier alpha value is -2.35. The number of amides is 1. The number of halogens is 2. The van der Waals surface area contributed by atoms with Gasteiger partial charge in [0.1, 0.15) is 11.6 Å². The standard InChI is InChI=1S/C23H29F2N3O2/c1-17(23(29)26-11-10-18-2-6-20(24)7-3-18)27-16-22(28-12-14-30-15-13-28)19-4-8-21(25)9-5-19/h2-9,17,22,27H,10-16H2,1H3,(H,26,29)/t17-,22-/m1/s1. The Balaban J connectivity index is 1.51. The zero-order chi connectivity index (χ0) is 21.3. The van der Waals surface area contributed by atoms with E-state index in [0.717, 1.165) is 24.2 Å². The molecular formula is C23H29F2N3O2. The summed E-state index contributed by atoms with van der Waals surface area (Å²) in [7, 11) is 0. The van der Waals surface area contributed by atoms with Crippen molar-refractivity contribution in [1.29, 1.82) is 0 Å². The van der Waals surface area contributed by atoms with Crippen LogP contribution in [-0.4, -0.2) is 56.2 Å². The number of hydrogen-bond acceptors (Lipinski definition) is 4. The highest BCUT2D eigenvalue weighted by molar-refractivity contribution is 5.81. The predicted molar refractivity (Wildman–Crippen MR) is 112 cm³/mol. The van der Waals surface area contributed by atoms with Crippen LogP contribution in [0.1, 0.15) is 24.1 Å². The molecule has 2 N–H and O–H groups in total. The number of carbonyl (C=O) groups excluding carboxylic acids is 1. The van der Waals surface area contributed by atoms with E-state index >= 15 is 0 Å². The van der Waals surface area contributed by atoms with Crippen LogP contribution in [-0.2, 0) is 16.0 Å². The molecule has 1 saturated heterocycles. The second kappa shape index (κ2) is 11.2. The molecule has 0 bridgehead atoms. The fourth-order valence-corrected chi connectivity index (χ4v) is 3.55. The summed E-state index contributed by atoms with van der Waals surface area (Å²) in [6.07, 6.45) is 0.644. The molecular weight excluding hydrogens is 388 g/mol. The third-order valence-corrected chi connectivity index (χ3v) is 5.38. The van der Waals surface area contributed by atoms with Gasteiger partial charge in [0.2, 0.25) is 5.91 Å². The average Bonchev–Trinajstić information content (AvgIpc) is 2.77. The van der Waals surface area contributed by atoms with Crippen LogP contribution >= 0.6 is 0 Å². The topological polar surface area (TPSA) is 53.6 Å². The van der Waals surface area contributed by atoms with Crippen molar-refractivity contribution in [2.45, 2.75) is 25.4 Å². The van der Waals surface area contributed by atoms with E-state index in [9.17, 15) is 13.6 Å². The summed E-state index contributed by atoms with van der Waals surface area (Å²) < 4.78 is 31.8. The molecule has 0 aromatic heterocycles. The van der Waals surface area contributed by atoms with Crippen LogP contribution in [0.25, 0.3) is 0 Å². The molecule has 1 heterocycles. The fourth-order valence-electron chi connectivity index (χ4n) is 3.55. The first-order valence-corrected chi connectivity index (χ1v) is 10.4. The summed E-state index contributed by atoms with van der Waals surface area (Å²) in [4.78, 5) is 14.7. The number of ether oxygens (including phenoxy) is 1. The Kier molecular flexibility index (Phi) is 8.30. The van der Waals surface area contributed by atoms with Crippen LogP contribution in [0.4, 0.5) is 8.78 Å². The summed E-state index contributed by atoms with van der Waals surface area (Å²) in [5, 5.41) is 6.23. The van der Waals surface area contributed by atoms with E-state index in [0.29, 0.717) is 32.7 Å². The summed E-state index contributed by atoms with van der Waals surface area (Å²) in [5.41, 5.74) is 1.98. The van der Waals surface area contributed by atoms with Crippen molar-refractivity contribution >= 4 is 5.91 Å². The van der Waals surface area contributed by atoms with Crippen molar-refractivity contribution in [1.82, 2.24) is 15.5 Å². The maximum absolute atomic E-state index is 13.4. The van der Waals surface area contributed by atoms with Crippen molar-refractivity contribution in [2.24, 2.45) is 0 Å². The normalized spacial score (nSPS) is 16.8. The van der Waals surface area contributed by atoms with E-state index in [1.807, 2.05) is 6.92 Å². The molecule has 7 heteroatoms. The van der Waals surface area contributed by atoms with E-state index in [1.165, 1.54) is 24.3 Å². The number of morpholine rings is 1. The zero-order valence-corrected chi connectivity index (χ0v) is 17.2. The minimum atomic E-state index is -0.373. The lowest BCUT2D eigenvalue weighted by Crippen LogP contribution is -2.48. The molecule has 30 heavy (non-hydrogen) atoms. The fraction of sp³-hybridized carbons (Fsp3) is 0.435. The first kappa shape index (κ1) is 22.3. The van der Waals surface area contributed by atoms with Gasteiger partial charge >= 0.3 is 0 Å². The first-order valence-electron chi connectivity index (χ1n) is 10.4. The van der Waals surface area contributed by atoms with Crippen molar-refractivity contribution in [2.75, 3.05) is 39.4 Å². The molecule has 0 saturated carbocycles. The molecule has 3 rings (SSSR count). The predicted octanol–water partition coefficient (Wildman–Crippen LogP) is 2.68. The second-order valence-corrected chi connectivity index (χ2v) is 7.51. The number of hydrogen-bond donors (Lipinski definition) is 2. The van der Waals surface area contributed by atoms with E-state index < -0.39 is 0 Å². The molecule has 1 fully saturated rings. The molecule has 0 aliphatic carbocycles. The molecule has 2 atom stereocenters. The van der Waals surface area contributed by atoms with Gasteiger partial charge in [0.25, 0.3) is 0 Å². The lowest BCUT2D eigenvalue weighted by Gasteiger charge is -2.35. The molecule has 2 aromatic rings. The van der Waals surface area contributed by atoms with Gasteiger partial charge in [-0.05, 0) is 48.7 Å². The monoisotopic (exact) mass is 417 g/mol. The van der Waals surface area contributed by atoms with Crippen molar-refractivity contribution in [3.8, 4) is 0 Å². The van der Waals surface area contributed by atoms with Gasteiger partial charge in [-0.15, -0.1) is 0 Å². The van der Waals surface area contributed by atoms with Gasteiger partial charge in [0, 0.05) is 32.2 Å². The lowest BCUT2D eigenvalue weighted by molar-refractivity contribution is -0.122. The summed E-state index contributed by atoms with van der Waals surface area (Å²) in [6, 6.07) is 12.5. The van der Waals surface area contributed by atoms with Gasteiger partial charge in [-0.25, -0.2) is 8.78 Å². The Bertz CT molecular complexity index is 793. The highest BCUT2D eigenvalue weighted by Gasteiger charge is 2.24. The smallest absolute Gasteiger partial charge is 0.236 e. The molecule has 162 valence electrons. The quantitative estimate of drug-likeness (QED) is 0.659. The largest absolute Gasteiger partial charge is 0.379 e. The summed E-state index contributed by atoms with van der Waals surface area (Å²) in [5.74, 6) is -0.616. The zero-order valence-electron chi connectivity index (χ0n) is 17.2. The molecule has 5 nitrogen and oxygen atoms in total. The van der Waals surface area contributed by atoms with Crippen LogP contribution in [0.15, 0.2) is 48.5 Å². The maximum atomic E-state index is 13.4. The van der Waals surface area contributed by atoms with Gasteiger partial charge in [0.15, 0.2) is 0 Å². The van der Waals surface area contributed by atoms with Crippen LogP contribution in [0, 0.1) is 11.6 Å². The highest BCUT2D eigenvalue weighted by Crippen LogP contribution is 2.22. The Morgan fingerprint density at radius 2 is 1.63 bits per heavy atom. The molecule has 2 aromatic carbocycles. The molecule has 1 aliphatic rings. The van der Waals surface area contributed by atoms with Crippen molar-refractivity contribution in [3.05, 3.63) is 71.3 Å². The molecule has 1 aliphatic heterocycles. The first-order chi connectivity index (χ1) is 14.5. The van der Waals surface area contributed by atoms with Gasteiger partial charge in [-0.3, -0.25) is 9.69 Å². The highest BCUT2D eigenvalue weighted by atomic mass is 19.1. The molecule has 0 spiro atoms. The number of rotatable bonds is 9. The summed E-state index contributed by atoms with van der Waals surface area (Å²) >= 11 is 0. The van der Waals surface area contributed by atoms with Gasteiger partial charge in [0.05, 0.1) is 19.3 Å². The van der Waals surface area contributed by atoms with Crippen molar-refractivity contribution < 1.29 is 18.3 Å². The number of benzene rings is 2. The van der Waals surface area contributed by atoms with E-state index in [4.69, 9.17) is 4.74 Å². The Labute approximate surface area is 176 Å². The minimum Gasteiger partial charge on any atom is -0.379 e. The molecule has 0 radical (unpaired) electrons. The van der Waals surface area contributed by atoms with Crippen LogP contribution in [0.2, 0.25) is 0 Å². The van der Waals surface area contributed by atoms with Crippen LogP contribution in [0.3, 0.4) is 0 Å². The number of nitrogens with zero attached hydrogens (tertiary/aromatic N) is 1. The Morgan fingerprint density at radius 3 is 2.27 bits per heavy atom. The maximum Gasteiger partial charge on any atom is 0.236 e. The number of nitrogens with one attached hydrogen (secondary N) is 2. The van der Waals surface area contributed by atoms with Gasteiger partial charge in [-0.2, -0.15) is 0 Å². The van der Waals surface area contributed by atoms with E-state index in [1.54, 1.807) is 24.3 Å². The van der Waals surface area contributed by atoms with Gasteiger partial charge < -0.3 is 15.4 Å². The number of carbonyl (C=O) groups is 1. The van der Waals surface area contributed by atoms with Crippen LogP contribution < -0.4 is 10.6 Å². The Morgan fingerprint density at radius 1 is 1.03 bits per heavy atom. The second-order valence-electron chi connectivity index (χ2n) is 7.51. The minimum absolute atomic E-state index is 0.0314. The third kappa shape index (κ3) is 6.58. The van der Waals surface area contributed by atoms with Crippen LogP contribution in [0.5, 0.6) is 0 Å². The molecule has 0 unspecified atom stereocenters.